The lowest BCUT2D eigenvalue weighted by Gasteiger charge is -2.24. The molecule has 94 valence electrons. The van der Waals surface area contributed by atoms with Gasteiger partial charge in [0.25, 0.3) is 6.01 Å². The molecule has 0 amide bonds. The lowest BCUT2D eigenvalue weighted by molar-refractivity contribution is -0.383. The lowest BCUT2D eigenvalue weighted by atomic mass is 10.1. The quantitative estimate of drug-likeness (QED) is 0.602. The highest BCUT2D eigenvalue weighted by Crippen LogP contribution is 2.30. The summed E-state index contributed by atoms with van der Waals surface area (Å²) in [6.07, 6.45) is 3.44. The number of rotatable bonds is 2. The molecule has 0 saturated carbocycles. The molecule has 1 saturated heterocycles. The van der Waals surface area contributed by atoms with Crippen molar-refractivity contribution in [2.24, 2.45) is 0 Å². The van der Waals surface area contributed by atoms with E-state index in [1.54, 1.807) is 12.1 Å². The number of hydrogen-bond donors (Lipinski definition) is 0. The maximum Gasteiger partial charge on any atom is 0.313 e. The van der Waals surface area contributed by atoms with Gasteiger partial charge in [-0.3, -0.25) is 10.1 Å². The molecule has 0 spiro atoms. The molecule has 1 aromatic carbocycles. The summed E-state index contributed by atoms with van der Waals surface area (Å²) < 4.78 is 5.57. The van der Waals surface area contributed by atoms with Crippen molar-refractivity contribution >= 4 is 22.8 Å². The highest BCUT2D eigenvalue weighted by Gasteiger charge is 2.21. The van der Waals surface area contributed by atoms with Crippen molar-refractivity contribution < 1.29 is 9.34 Å². The van der Waals surface area contributed by atoms with E-state index in [9.17, 15) is 10.1 Å². The zero-order valence-electron chi connectivity index (χ0n) is 9.83. The van der Waals surface area contributed by atoms with Crippen LogP contribution in [0.4, 0.5) is 11.7 Å². The first-order valence-electron chi connectivity index (χ1n) is 6.04. The van der Waals surface area contributed by atoms with Gasteiger partial charge in [0.1, 0.15) is 5.52 Å². The minimum Gasteiger partial charge on any atom is -0.416 e. The maximum absolute atomic E-state index is 10.9. The molecule has 3 rings (SSSR count). The minimum atomic E-state index is -0.437. The predicted octanol–water partition coefficient (Wildman–Crippen LogP) is 2.73. The number of para-hydroxylation sites is 1. The second-order valence-corrected chi connectivity index (χ2v) is 4.43. The van der Waals surface area contributed by atoms with Gasteiger partial charge >= 0.3 is 5.69 Å². The number of fused-ring (bicyclic) bond motifs is 1. The van der Waals surface area contributed by atoms with Crippen LogP contribution in [0.3, 0.4) is 0 Å². The number of oxazole rings is 1. The molecule has 1 aromatic heterocycles. The van der Waals surface area contributed by atoms with Crippen LogP contribution in [0.15, 0.2) is 22.6 Å². The average Bonchev–Trinajstić information content (AvgIpc) is 2.83. The normalized spacial score (nSPS) is 16.1. The van der Waals surface area contributed by atoms with Gasteiger partial charge in [0, 0.05) is 19.2 Å². The Morgan fingerprint density at radius 1 is 1.28 bits per heavy atom. The molecule has 6 nitrogen and oxygen atoms in total. The SMILES string of the molecule is O=[N+]([O-])c1cccc2nc(N3CCCCC3)oc12. The molecular weight excluding hydrogens is 234 g/mol. The average molecular weight is 247 g/mol. The Kier molecular flexibility index (Phi) is 2.62. The third kappa shape index (κ3) is 1.79. The standard InChI is InChI=1S/C12H13N3O3/c16-15(17)10-6-4-5-9-11(10)18-12(13-9)14-7-2-1-3-8-14/h4-6H,1-3,7-8H2. The van der Waals surface area contributed by atoms with Crippen LogP contribution in [0.1, 0.15) is 19.3 Å². The van der Waals surface area contributed by atoms with Gasteiger partial charge in [-0.15, -0.1) is 0 Å². The van der Waals surface area contributed by atoms with Gasteiger partial charge in [0.2, 0.25) is 5.58 Å². The van der Waals surface area contributed by atoms with Crippen molar-refractivity contribution in [2.75, 3.05) is 18.0 Å². The van der Waals surface area contributed by atoms with Crippen molar-refractivity contribution in [3.05, 3.63) is 28.3 Å². The maximum atomic E-state index is 10.9. The van der Waals surface area contributed by atoms with Gasteiger partial charge in [-0.05, 0) is 25.3 Å². The number of non-ortho nitro benzene ring substituents is 1. The summed E-state index contributed by atoms with van der Waals surface area (Å²) in [7, 11) is 0. The summed E-state index contributed by atoms with van der Waals surface area (Å²) in [5.74, 6) is 0. The Bertz CT molecular complexity index is 587. The highest BCUT2D eigenvalue weighted by molar-refractivity contribution is 5.83. The van der Waals surface area contributed by atoms with Gasteiger partial charge in [-0.2, -0.15) is 4.98 Å². The fraction of sp³-hybridized carbons (Fsp3) is 0.417. The van der Waals surface area contributed by atoms with Crippen LogP contribution < -0.4 is 4.90 Å². The van der Waals surface area contributed by atoms with Crippen LogP contribution in [0, 0.1) is 10.1 Å². The van der Waals surface area contributed by atoms with Crippen LogP contribution >= 0.6 is 0 Å². The molecule has 0 unspecified atom stereocenters. The first-order chi connectivity index (χ1) is 8.75. The Morgan fingerprint density at radius 2 is 2.06 bits per heavy atom. The fourth-order valence-corrected chi connectivity index (χ4v) is 2.29. The largest absolute Gasteiger partial charge is 0.416 e. The first kappa shape index (κ1) is 11.0. The van der Waals surface area contributed by atoms with E-state index in [2.05, 4.69) is 4.98 Å². The van der Waals surface area contributed by atoms with Crippen LogP contribution in [0.5, 0.6) is 0 Å². The number of nitro benzene ring substituents is 1. The Morgan fingerprint density at radius 3 is 2.78 bits per heavy atom. The number of nitrogens with zero attached hydrogens (tertiary/aromatic N) is 3. The van der Waals surface area contributed by atoms with Crippen LogP contribution in [0.25, 0.3) is 11.1 Å². The summed E-state index contributed by atoms with van der Waals surface area (Å²) in [6.45, 7) is 1.81. The number of anilines is 1. The van der Waals surface area contributed by atoms with Gasteiger partial charge in [-0.1, -0.05) is 6.07 Å². The van der Waals surface area contributed by atoms with E-state index < -0.39 is 4.92 Å². The first-order valence-corrected chi connectivity index (χ1v) is 6.04. The number of hydrogen-bond acceptors (Lipinski definition) is 5. The smallest absolute Gasteiger partial charge is 0.313 e. The van der Waals surface area contributed by atoms with Gasteiger partial charge < -0.3 is 9.32 Å². The van der Waals surface area contributed by atoms with Crippen molar-refractivity contribution in [3.63, 3.8) is 0 Å². The summed E-state index contributed by atoms with van der Waals surface area (Å²) in [6, 6.07) is 5.30. The molecule has 0 atom stereocenters. The summed E-state index contributed by atoms with van der Waals surface area (Å²) >= 11 is 0. The van der Waals surface area contributed by atoms with E-state index in [1.807, 2.05) is 4.90 Å². The summed E-state index contributed by atoms with van der Waals surface area (Å²) in [5, 5.41) is 10.9. The Hall–Kier alpha value is -2.11. The predicted molar refractivity (Wildman–Crippen MR) is 66.7 cm³/mol. The van der Waals surface area contributed by atoms with E-state index >= 15 is 0 Å². The number of aromatic nitrogens is 1. The monoisotopic (exact) mass is 247 g/mol. The van der Waals surface area contributed by atoms with E-state index in [-0.39, 0.29) is 11.3 Å². The highest BCUT2D eigenvalue weighted by atomic mass is 16.6. The zero-order chi connectivity index (χ0) is 12.5. The molecule has 6 heteroatoms. The van der Waals surface area contributed by atoms with Crippen molar-refractivity contribution in [3.8, 4) is 0 Å². The third-order valence-electron chi connectivity index (χ3n) is 3.21. The molecular formula is C12H13N3O3. The fourth-order valence-electron chi connectivity index (χ4n) is 2.29. The van der Waals surface area contributed by atoms with Crippen LogP contribution in [0.2, 0.25) is 0 Å². The molecule has 0 aliphatic carbocycles. The molecule has 0 bridgehead atoms. The molecule has 1 fully saturated rings. The van der Waals surface area contributed by atoms with E-state index in [0.29, 0.717) is 11.5 Å². The van der Waals surface area contributed by atoms with Gasteiger partial charge in [-0.25, -0.2) is 0 Å². The number of piperidine rings is 1. The summed E-state index contributed by atoms with van der Waals surface area (Å²) in [4.78, 5) is 16.9. The van der Waals surface area contributed by atoms with Crippen LogP contribution in [-0.4, -0.2) is 23.0 Å². The Balaban J connectivity index is 2.04. The summed E-state index contributed by atoms with van der Waals surface area (Å²) in [5.41, 5.74) is 0.788. The molecule has 0 radical (unpaired) electrons. The minimum absolute atomic E-state index is 0.0248. The van der Waals surface area contributed by atoms with Crippen molar-refractivity contribution in [1.29, 1.82) is 0 Å². The molecule has 1 aliphatic heterocycles. The van der Waals surface area contributed by atoms with Gasteiger partial charge in [0.05, 0.1) is 4.92 Å². The van der Waals surface area contributed by atoms with E-state index in [1.165, 1.54) is 12.5 Å². The van der Waals surface area contributed by atoms with Crippen LogP contribution in [-0.2, 0) is 0 Å². The number of nitro groups is 1. The van der Waals surface area contributed by atoms with Crippen molar-refractivity contribution in [1.82, 2.24) is 4.98 Å². The van der Waals surface area contributed by atoms with Gasteiger partial charge in [0.15, 0.2) is 0 Å². The second-order valence-electron chi connectivity index (χ2n) is 4.43. The zero-order valence-corrected chi connectivity index (χ0v) is 9.83. The third-order valence-corrected chi connectivity index (χ3v) is 3.21. The molecule has 0 N–H and O–H groups in total. The van der Waals surface area contributed by atoms with E-state index in [0.717, 1.165) is 25.9 Å². The second kappa shape index (κ2) is 4.29. The van der Waals surface area contributed by atoms with Crippen molar-refractivity contribution in [2.45, 2.75) is 19.3 Å². The van der Waals surface area contributed by atoms with E-state index in [4.69, 9.17) is 4.42 Å². The molecule has 2 heterocycles. The molecule has 2 aromatic rings. The topological polar surface area (TPSA) is 72.4 Å². The Labute approximate surface area is 103 Å². The molecule has 18 heavy (non-hydrogen) atoms. The molecule has 1 aliphatic rings. The number of benzene rings is 1. The lowest BCUT2D eigenvalue weighted by Crippen LogP contribution is -2.29.